The highest BCUT2D eigenvalue weighted by atomic mass is 35.7. The zero-order chi connectivity index (χ0) is 6.62. The Balaban J connectivity index is 3.40. The first-order valence-electron chi connectivity index (χ1n) is 2.09. The largest absolute Gasteiger partial charge is 0.295 e. The van der Waals surface area contributed by atoms with Gasteiger partial charge in [-0.3, -0.25) is 4.57 Å². The third kappa shape index (κ3) is 6.61. The quantitative estimate of drug-likeness (QED) is 0.479. The summed E-state index contributed by atoms with van der Waals surface area (Å²) in [5.74, 6) is 0.664. The molecule has 0 heterocycles. The van der Waals surface area contributed by atoms with E-state index in [9.17, 15) is 4.57 Å². The average molecular weight is 171 g/mol. The van der Waals surface area contributed by atoms with Crippen LogP contribution in [-0.2, 0) is 4.57 Å². The van der Waals surface area contributed by atoms with E-state index < -0.39 is 5.70 Å². The maximum absolute atomic E-state index is 10.7. The summed E-state index contributed by atoms with van der Waals surface area (Å²) in [6, 6.07) is 0. The number of hydrogen-bond acceptors (Lipinski definition) is 2. The van der Waals surface area contributed by atoms with Crippen LogP contribution in [0.1, 0.15) is 0 Å². The van der Waals surface area contributed by atoms with Crippen molar-refractivity contribution in [2.24, 2.45) is 0 Å². The SMILES string of the molecule is C=CCSP(C)(=O)Cl. The zero-order valence-corrected chi connectivity index (χ0v) is 7.10. The fourth-order valence-corrected chi connectivity index (χ4v) is 2.18. The monoisotopic (exact) mass is 170 g/mol. The molecule has 0 spiro atoms. The Morgan fingerprint density at radius 1 is 2.00 bits per heavy atom. The minimum absolute atomic E-state index is 0.664. The van der Waals surface area contributed by atoms with Gasteiger partial charge in [-0.05, 0) is 11.2 Å². The normalized spacial score (nSPS) is 17.2. The highest BCUT2D eigenvalue weighted by Gasteiger charge is 2.07. The molecular formula is C4H8ClOPS. The van der Waals surface area contributed by atoms with Gasteiger partial charge in [0.1, 0.15) is 0 Å². The minimum Gasteiger partial charge on any atom is -0.295 e. The first kappa shape index (κ1) is 8.61. The topological polar surface area (TPSA) is 17.1 Å². The van der Waals surface area contributed by atoms with Crippen molar-refractivity contribution in [2.75, 3.05) is 12.4 Å². The highest BCUT2D eigenvalue weighted by molar-refractivity contribution is 8.65. The second-order valence-electron chi connectivity index (χ2n) is 1.33. The molecule has 8 heavy (non-hydrogen) atoms. The van der Waals surface area contributed by atoms with Crippen LogP contribution in [-0.4, -0.2) is 12.4 Å². The lowest BCUT2D eigenvalue weighted by atomic mass is 10.8. The summed E-state index contributed by atoms with van der Waals surface area (Å²) >= 11 is 6.62. The molecule has 0 saturated carbocycles. The summed E-state index contributed by atoms with van der Waals surface area (Å²) in [4.78, 5) is 0. The number of hydrogen-bond donors (Lipinski definition) is 0. The molecule has 0 rings (SSSR count). The van der Waals surface area contributed by atoms with E-state index in [1.54, 1.807) is 6.08 Å². The third-order valence-corrected chi connectivity index (χ3v) is 3.98. The van der Waals surface area contributed by atoms with Crippen LogP contribution in [0.4, 0.5) is 0 Å². The first-order valence-corrected chi connectivity index (χ1v) is 6.74. The van der Waals surface area contributed by atoms with Crippen molar-refractivity contribution in [3.05, 3.63) is 12.7 Å². The molecule has 0 fully saturated rings. The van der Waals surface area contributed by atoms with Crippen molar-refractivity contribution in [1.29, 1.82) is 0 Å². The molecule has 0 aliphatic rings. The van der Waals surface area contributed by atoms with E-state index in [2.05, 4.69) is 6.58 Å². The van der Waals surface area contributed by atoms with Gasteiger partial charge in [0.15, 0.2) is 0 Å². The second kappa shape index (κ2) is 3.60. The lowest BCUT2D eigenvalue weighted by Crippen LogP contribution is -1.63. The van der Waals surface area contributed by atoms with Gasteiger partial charge in [-0.25, -0.2) is 0 Å². The summed E-state index contributed by atoms with van der Waals surface area (Å²) in [5.41, 5.74) is -2.36. The van der Waals surface area contributed by atoms with Crippen LogP contribution in [0.15, 0.2) is 12.7 Å². The maximum atomic E-state index is 10.7. The van der Waals surface area contributed by atoms with Gasteiger partial charge in [-0.2, -0.15) is 0 Å². The van der Waals surface area contributed by atoms with Gasteiger partial charge in [-0.15, -0.1) is 6.58 Å². The molecule has 48 valence electrons. The van der Waals surface area contributed by atoms with E-state index in [0.717, 1.165) is 0 Å². The Labute approximate surface area is 58.4 Å². The molecule has 0 radical (unpaired) electrons. The molecule has 0 bridgehead atoms. The Morgan fingerprint density at radius 3 is 2.62 bits per heavy atom. The predicted molar refractivity (Wildman–Crippen MR) is 42.0 cm³/mol. The molecule has 0 aromatic rings. The standard InChI is InChI=1S/C4H8ClOPS/c1-3-4-8-7(2,5)6/h3H,1,4H2,2H3. The molecule has 1 nitrogen and oxygen atoms in total. The smallest absolute Gasteiger partial charge is 0.219 e. The molecule has 0 amide bonds. The molecule has 0 aliphatic carbocycles. The summed E-state index contributed by atoms with van der Waals surface area (Å²) in [7, 11) is 0. The van der Waals surface area contributed by atoms with Crippen LogP contribution in [0, 0.1) is 0 Å². The van der Waals surface area contributed by atoms with Gasteiger partial charge in [0.05, 0.1) is 0 Å². The van der Waals surface area contributed by atoms with Crippen LogP contribution in [0.25, 0.3) is 0 Å². The predicted octanol–water partition coefficient (Wildman–Crippen LogP) is 2.97. The Bertz CT molecular complexity index is 119. The molecule has 4 heteroatoms. The Kier molecular flexibility index (Phi) is 3.87. The van der Waals surface area contributed by atoms with Crippen molar-refractivity contribution in [3.8, 4) is 0 Å². The Morgan fingerprint density at radius 2 is 2.50 bits per heavy atom. The van der Waals surface area contributed by atoms with Gasteiger partial charge in [0.2, 0.25) is 5.70 Å². The number of halogens is 1. The van der Waals surface area contributed by atoms with Gasteiger partial charge < -0.3 is 0 Å². The van der Waals surface area contributed by atoms with Crippen LogP contribution < -0.4 is 0 Å². The second-order valence-corrected chi connectivity index (χ2v) is 8.82. The van der Waals surface area contributed by atoms with Crippen molar-refractivity contribution in [2.45, 2.75) is 0 Å². The van der Waals surface area contributed by atoms with Crippen molar-refractivity contribution in [1.82, 2.24) is 0 Å². The maximum Gasteiger partial charge on any atom is 0.219 e. The van der Waals surface area contributed by atoms with Crippen molar-refractivity contribution in [3.63, 3.8) is 0 Å². The van der Waals surface area contributed by atoms with Gasteiger partial charge >= 0.3 is 0 Å². The summed E-state index contributed by atoms with van der Waals surface area (Å²) in [6.45, 7) is 4.99. The van der Waals surface area contributed by atoms with Crippen molar-refractivity contribution >= 4 is 28.3 Å². The highest BCUT2D eigenvalue weighted by Crippen LogP contribution is 2.59. The van der Waals surface area contributed by atoms with Crippen LogP contribution >= 0.6 is 28.3 Å². The van der Waals surface area contributed by atoms with Crippen LogP contribution in [0.5, 0.6) is 0 Å². The van der Waals surface area contributed by atoms with E-state index in [0.29, 0.717) is 5.75 Å². The fraction of sp³-hybridized carbons (Fsp3) is 0.500. The van der Waals surface area contributed by atoms with Gasteiger partial charge in [0, 0.05) is 12.4 Å². The van der Waals surface area contributed by atoms with Crippen LogP contribution in [0.2, 0.25) is 0 Å². The summed E-state index contributed by atoms with van der Waals surface area (Å²) in [5, 5.41) is 0. The Hall–Kier alpha value is 0.610. The van der Waals surface area contributed by atoms with E-state index in [1.807, 2.05) is 0 Å². The van der Waals surface area contributed by atoms with Gasteiger partial charge in [-0.1, -0.05) is 17.5 Å². The summed E-state index contributed by atoms with van der Waals surface area (Å²) in [6.07, 6.45) is 1.68. The fourth-order valence-electron chi connectivity index (χ4n) is 0.186. The van der Waals surface area contributed by atoms with E-state index in [4.69, 9.17) is 11.2 Å². The lowest BCUT2D eigenvalue weighted by molar-refractivity contribution is 0.596. The minimum atomic E-state index is -2.36. The van der Waals surface area contributed by atoms with E-state index >= 15 is 0 Å². The lowest BCUT2D eigenvalue weighted by Gasteiger charge is -1.97. The van der Waals surface area contributed by atoms with Gasteiger partial charge in [0.25, 0.3) is 0 Å². The molecular weight excluding hydrogens is 163 g/mol. The molecule has 0 saturated heterocycles. The van der Waals surface area contributed by atoms with Crippen molar-refractivity contribution < 1.29 is 4.57 Å². The average Bonchev–Trinajstić information content (AvgIpc) is 1.59. The third-order valence-electron chi connectivity index (χ3n) is 0.423. The molecule has 0 aliphatic heterocycles. The summed E-state index contributed by atoms with van der Waals surface area (Å²) < 4.78 is 10.7. The first-order chi connectivity index (χ1) is 3.56. The molecule has 0 N–H and O–H groups in total. The number of rotatable bonds is 3. The molecule has 0 aromatic carbocycles. The molecule has 0 aromatic heterocycles. The molecule has 1 atom stereocenters. The van der Waals surface area contributed by atoms with Crippen LogP contribution in [0.3, 0.4) is 0 Å². The van der Waals surface area contributed by atoms with E-state index in [-0.39, 0.29) is 0 Å². The molecule has 1 unspecified atom stereocenters. The van der Waals surface area contributed by atoms with E-state index in [1.165, 1.54) is 18.0 Å². The zero-order valence-electron chi connectivity index (χ0n) is 4.63.